The molecule has 0 spiro atoms. The normalized spacial score (nSPS) is 13.8. The first-order valence-corrected chi connectivity index (χ1v) is 8.94. The number of rotatable bonds is 8. The molecule has 0 saturated heterocycles. The molecule has 0 saturated carbocycles. The van der Waals surface area contributed by atoms with E-state index in [0.717, 1.165) is 16.5 Å². The summed E-state index contributed by atoms with van der Waals surface area (Å²) in [6.07, 6.45) is 0. The van der Waals surface area contributed by atoms with Crippen molar-refractivity contribution in [3.63, 3.8) is 0 Å². The number of aliphatic imine (C=N–C) groups is 1. The number of methoxy groups -OCH3 is 1. The fourth-order valence-electron chi connectivity index (χ4n) is 2.11. The van der Waals surface area contributed by atoms with Gasteiger partial charge >= 0.3 is 0 Å². The summed E-state index contributed by atoms with van der Waals surface area (Å²) in [5.74, 6) is 2.21. The summed E-state index contributed by atoms with van der Waals surface area (Å²) < 4.78 is 6.96. The van der Waals surface area contributed by atoms with E-state index in [2.05, 4.69) is 25.8 Å². The van der Waals surface area contributed by atoms with Crippen LogP contribution in [0.5, 0.6) is 0 Å². The van der Waals surface area contributed by atoms with E-state index in [4.69, 9.17) is 4.74 Å². The van der Waals surface area contributed by atoms with Crippen molar-refractivity contribution < 1.29 is 9.84 Å². The Morgan fingerprint density at radius 1 is 1.42 bits per heavy atom. The molecular formula is C16H27IN6O2S. The van der Waals surface area contributed by atoms with Crippen LogP contribution >= 0.6 is 35.3 Å². The highest BCUT2D eigenvalue weighted by atomic mass is 127. The predicted molar refractivity (Wildman–Crippen MR) is 114 cm³/mol. The summed E-state index contributed by atoms with van der Waals surface area (Å²) in [6.45, 7) is 5.58. The van der Waals surface area contributed by atoms with Crippen LogP contribution in [0.15, 0.2) is 22.5 Å². The molecule has 2 aromatic rings. The highest BCUT2D eigenvalue weighted by Gasteiger charge is 2.24. The van der Waals surface area contributed by atoms with Crippen molar-refractivity contribution in [2.45, 2.75) is 26.0 Å². The summed E-state index contributed by atoms with van der Waals surface area (Å²) in [6, 6.07) is 3.85. The van der Waals surface area contributed by atoms with E-state index in [0.29, 0.717) is 32.2 Å². The number of nitrogens with one attached hydrogen (secondary N) is 2. The number of aliphatic hydroxyl groups is 1. The molecule has 0 bridgehead atoms. The molecule has 0 aliphatic carbocycles. The van der Waals surface area contributed by atoms with Gasteiger partial charge in [0.05, 0.1) is 13.2 Å². The topological polar surface area (TPSA) is 96.6 Å². The van der Waals surface area contributed by atoms with Crippen molar-refractivity contribution in [2.75, 3.05) is 26.8 Å². The third-order valence-electron chi connectivity index (χ3n) is 3.81. The van der Waals surface area contributed by atoms with Gasteiger partial charge in [0.2, 0.25) is 0 Å². The molecule has 0 radical (unpaired) electrons. The van der Waals surface area contributed by atoms with Gasteiger partial charge < -0.3 is 25.0 Å². The third kappa shape index (κ3) is 6.49. The second kappa shape index (κ2) is 10.8. The van der Waals surface area contributed by atoms with Gasteiger partial charge in [-0.05, 0) is 25.3 Å². The van der Waals surface area contributed by atoms with Crippen molar-refractivity contribution in [1.29, 1.82) is 0 Å². The second-order valence-corrected chi connectivity index (χ2v) is 6.86. The molecule has 2 aromatic heterocycles. The Bertz CT molecular complexity index is 687. The average Bonchev–Trinajstić information content (AvgIpc) is 3.23. The zero-order valence-electron chi connectivity index (χ0n) is 15.5. The average molecular weight is 494 g/mol. The van der Waals surface area contributed by atoms with Crippen molar-refractivity contribution in [3.05, 3.63) is 34.0 Å². The lowest BCUT2D eigenvalue weighted by Gasteiger charge is -2.24. The van der Waals surface area contributed by atoms with Crippen molar-refractivity contribution in [1.82, 2.24) is 25.4 Å². The molecule has 3 N–H and O–H groups in total. The molecule has 26 heavy (non-hydrogen) atoms. The molecule has 0 amide bonds. The van der Waals surface area contributed by atoms with E-state index < -0.39 is 5.60 Å². The number of halogens is 1. The number of hydrogen-bond donors (Lipinski definition) is 3. The quantitative estimate of drug-likeness (QED) is 0.222. The first-order valence-electron chi connectivity index (χ1n) is 8.06. The minimum atomic E-state index is -0.973. The van der Waals surface area contributed by atoms with Crippen LogP contribution in [-0.4, -0.2) is 52.6 Å². The van der Waals surface area contributed by atoms with Crippen LogP contribution < -0.4 is 10.6 Å². The Morgan fingerprint density at radius 3 is 2.77 bits per heavy atom. The Labute approximate surface area is 175 Å². The van der Waals surface area contributed by atoms with Crippen LogP contribution in [0.1, 0.15) is 23.4 Å². The molecule has 0 aliphatic heterocycles. The van der Waals surface area contributed by atoms with E-state index in [1.165, 1.54) is 11.3 Å². The van der Waals surface area contributed by atoms with Gasteiger partial charge in [0.15, 0.2) is 11.8 Å². The number of thiophene rings is 1. The zero-order valence-corrected chi connectivity index (χ0v) is 18.7. The molecule has 0 fully saturated rings. The fraction of sp³-hybridized carbons (Fsp3) is 0.562. The minimum absolute atomic E-state index is 0. The Balaban J connectivity index is 0.00000338. The molecule has 1 unspecified atom stereocenters. The number of aromatic nitrogens is 3. The Morgan fingerprint density at radius 2 is 2.19 bits per heavy atom. The first kappa shape index (κ1) is 22.8. The van der Waals surface area contributed by atoms with Gasteiger partial charge in [-0.2, -0.15) is 0 Å². The van der Waals surface area contributed by atoms with Crippen LogP contribution in [0, 0.1) is 6.92 Å². The molecule has 8 nitrogen and oxygen atoms in total. The summed E-state index contributed by atoms with van der Waals surface area (Å²) in [5, 5.41) is 27.1. The van der Waals surface area contributed by atoms with Crippen LogP contribution in [0.3, 0.4) is 0 Å². The van der Waals surface area contributed by atoms with Gasteiger partial charge in [0.1, 0.15) is 18.0 Å². The molecule has 2 rings (SSSR count). The summed E-state index contributed by atoms with van der Waals surface area (Å²) >= 11 is 1.53. The van der Waals surface area contributed by atoms with Crippen molar-refractivity contribution in [3.8, 4) is 0 Å². The van der Waals surface area contributed by atoms with Crippen molar-refractivity contribution in [2.24, 2.45) is 12.0 Å². The highest BCUT2D eigenvalue weighted by Crippen LogP contribution is 2.24. The maximum Gasteiger partial charge on any atom is 0.191 e. The van der Waals surface area contributed by atoms with E-state index in [-0.39, 0.29) is 24.0 Å². The molecule has 0 aromatic carbocycles. The lowest BCUT2D eigenvalue weighted by molar-refractivity contribution is 0.0655. The maximum atomic E-state index is 10.6. The lowest BCUT2D eigenvalue weighted by atomic mass is 10.1. The number of nitrogens with zero attached hydrogens (tertiary/aromatic N) is 4. The monoisotopic (exact) mass is 494 g/mol. The molecule has 1 atom stereocenters. The zero-order chi connectivity index (χ0) is 18.3. The largest absolute Gasteiger partial charge is 0.383 e. The maximum absolute atomic E-state index is 10.6. The number of hydrogen-bond acceptors (Lipinski definition) is 6. The Hall–Kier alpha value is -1.24. The summed E-state index contributed by atoms with van der Waals surface area (Å²) in [7, 11) is 3.56. The smallest absolute Gasteiger partial charge is 0.191 e. The minimum Gasteiger partial charge on any atom is -0.383 e. The van der Waals surface area contributed by atoms with E-state index in [1.54, 1.807) is 14.0 Å². The second-order valence-electron chi connectivity index (χ2n) is 5.91. The van der Waals surface area contributed by atoms with Gasteiger partial charge in [0, 0.05) is 25.6 Å². The van der Waals surface area contributed by atoms with Gasteiger partial charge in [0.25, 0.3) is 0 Å². The number of ether oxygens (including phenoxy) is 1. The first-order chi connectivity index (χ1) is 11.9. The lowest BCUT2D eigenvalue weighted by Crippen LogP contribution is -2.45. The predicted octanol–water partition coefficient (Wildman–Crippen LogP) is 1.39. The van der Waals surface area contributed by atoms with E-state index in [9.17, 15) is 5.11 Å². The van der Waals surface area contributed by atoms with Gasteiger partial charge in [-0.3, -0.25) is 0 Å². The van der Waals surface area contributed by atoms with E-state index in [1.807, 2.05) is 36.1 Å². The SMILES string of the molecule is COCCNC(=NCc1nnc(C)n1C)NCC(C)(O)c1cccs1.I. The molecule has 10 heteroatoms. The summed E-state index contributed by atoms with van der Waals surface area (Å²) in [5.41, 5.74) is -0.973. The molecular weight excluding hydrogens is 467 g/mol. The van der Waals surface area contributed by atoms with Gasteiger partial charge in [-0.1, -0.05) is 6.07 Å². The fourth-order valence-corrected chi connectivity index (χ4v) is 2.90. The third-order valence-corrected chi connectivity index (χ3v) is 4.93. The molecule has 146 valence electrons. The highest BCUT2D eigenvalue weighted by molar-refractivity contribution is 14.0. The Kier molecular flexibility index (Phi) is 9.47. The van der Waals surface area contributed by atoms with Gasteiger partial charge in [-0.15, -0.1) is 45.5 Å². The number of aryl methyl sites for hydroxylation is 1. The molecule has 2 heterocycles. The van der Waals surface area contributed by atoms with Crippen molar-refractivity contribution >= 4 is 41.3 Å². The van der Waals surface area contributed by atoms with Crippen LogP contribution in [-0.2, 0) is 23.9 Å². The molecule has 0 aliphatic rings. The van der Waals surface area contributed by atoms with E-state index >= 15 is 0 Å². The van der Waals surface area contributed by atoms with Crippen LogP contribution in [0.4, 0.5) is 0 Å². The van der Waals surface area contributed by atoms with Crippen LogP contribution in [0.25, 0.3) is 0 Å². The van der Waals surface area contributed by atoms with Gasteiger partial charge in [-0.25, -0.2) is 4.99 Å². The van der Waals surface area contributed by atoms with Crippen LogP contribution in [0.2, 0.25) is 0 Å². The summed E-state index contributed by atoms with van der Waals surface area (Å²) in [4.78, 5) is 5.44. The number of guanidine groups is 1. The standard InChI is InChI=1S/C16H26N6O2S.HI/c1-12-20-21-14(22(12)3)10-18-15(17-7-8-24-4)19-11-16(2,23)13-6-5-9-25-13;/h5-6,9,23H,7-8,10-11H2,1-4H3,(H2,17,18,19);1H.